The number of carbonyl (C=O) groups excluding carboxylic acids is 1. The van der Waals surface area contributed by atoms with Crippen molar-refractivity contribution in [3.05, 3.63) is 40.9 Å². The Bertz CT molecular complexity index is 387. The van der Waals surface area contributed by atoms with E-state index in [9.17, 15) is 4.79 Å². The zero-order chi connectivity index (χ0) is 12.0. The van der Waals surface area contributed by atoms with Crippen LogP contribution in [0.15, 0.2) is 30.3 Å². The molecular formula is C13H16ClNO. The molecule has 0 aromatic heterocycles. The van der Waals surface area contributed by atoms with Gasteiger partial charge in [0.2, 0.25) is 5.91 Å². The van der Waals surface area contributed by atoms with Gasteiger partial charge in [-0.15, -0.1) is 0 Å². The van der Waals surface area contributed by atoms with E-state index in [1.54, 1.807) is 12.1 Å². The fraction of sp³-hybridized carbons (Fsp3) is 0.308. The second-order valence-corrected chi connectivity index (χ2v) is 4.08. The van der Waals surface area contributed by atoms with Crippen molar-refractivity contribution in [1.82, 2.24) is 5.32 Å². The Hall–Kier alpha value is -1.28. The van der Waals surface area contributed by atoms with E-state index < -0.39 is 0 Å². The van der Waals surface area contributed by atoms with Gasteiger partial charge in [-0.05, 0) is 31.1 Å². The largest absolute Gasteiger partial charge is 0.350 e. The SMILES string of the molecule is CC[C@H](C)NC(=O)/C=C\c1ccccc1Cl. The molecule has 0 unspecified atom stereocenters. The van der Waals surface area contributed by atoms with Gasteiger partial charge in [-0.25, -0.2) is 0 Å². The average molecular weight is 238 g/mol. The van der Waals surface area contributed by atoms with Crippen molar-refractivity contribution in [2.24, 2.45) is 0 Å². The third-order valence-electron chi connectivity index (χ3n) is 2.32. The van der Waals surface area contributed by atoms with E-state index in [2.05, 4.69) is 5.32 Å². The van der Waals surface area contributed by atoms with Gasteiger partial charge in [0.15, 0.2) is 0 Å². The summed E-state index contributed by atoms with van der Waals surface area (Å²) < 4.78 is 0. The lowest BCUT2D eigenvalue weighted by atomic mass is 10.2. The van der Waals surface area contributed by atoms with Crippen LogP contribution in [0.3, 0.4) is 0 Å². The van der Waals surface area contributed by atoms with Crippen LogP contribution < -0.4 is 5.32 Å². The summed E-state index contributed by atoms with van der Waals surface area (Å²) in [4.78, 5) is 11.5. The molecule has 0 bridgehead atoms. The molecular weight excluding hydrogens is 222 g/mol. The second-order valence-electron chi connectivity index (χ2n) is 3.67. The van der Waals surface area contributed by atoms with Crippen molar-refractivity contribution in [1.29, 1.82) is 0 Å². The standard InChI is InChI=1S/C13H16ClNO/c1-3-10(2)15-13(16)9-8-11-6-4-5-7-12(11)14/h4-10H,3H2,1-2H3,(H,15,16)/b9-8-/t10-/m0/s1. The Morgan fingerprint density at radius 2 is 2.19 bits per heavy atom. The van der Waals surface area contributed by atoms with Crippen LogP contribution in [-0.2, 0) is 4.79 Å². The maximum atomic E-state index is 11.5. The normalized spacial score (nSPS) is 12.7. The minimum atomic E-state index is -0.0886. The first-order valence-electron chi connectivity index (χ1n) is 5.36. The molecule has 1 rings (SSSR count). The highest BCUT2D eigenvalue weighted by Gasteiger charge is 2.01. The molecule has 1 N–H and O–H groups in total. The van der Waals surface area contributed by atoms with Gasteiger partial charge >= 0.3 is 0 Å². The Morgan fingerprint density at radius 3 is 2.81 bits per heavy atom. The number of halogens is 1. The van der Waals surface area contributed by atoms with Gasteiger partial charge in [-0.2, -0.15) is 0 Å². The summed E-state index contributed by atoms with van der Waals surface area (Å²) in [5.41, 5.74) is 0.850. The molecule has 0 radical (unpaired) electrons. The average Bonchev–Trinajstić information content (AvgIpc) is 2.28. The molecule has 0 fully saturated rings. The van der Waals surface area contributed by atoms with E-state index in [1.807, 2.05) is 32.0 Å². The molecule has 16 heavy (non-hydrogen) atoms. The molecule has 0 spiro atoms. The highest BCUT2D eigenvalue weighted by molar-refractivity contribution is 6.32. The van der Waals surface area contributed by atoms with Crippen molar-refractivity contribution in [2.75, 3.05) is 0 Å². The molecule has 1 atom stereocenters. The molecule has 2 nitrogen and oxygen atoms in total. The van der Waals surface area contributed by atoms with E-state index in [-0.39, 0.29) is 11.9 Å². The highest BCUT2D eigenvalue weighted by atomic mass is 35.5. The molecule has 0 saturated heterocycles. The van der Waals surface area contributed by atoms with Crippen LogP contribution in [0.1, 0.15) is 25.8 Å². The van der Waals surface area contributed by atoms with Crippen molar-refractivity contribution in [3.8, 4) is 0 Å². The maximum Gasteiger partial charge on any atom is 0.244 e. The van der Waals surface area contributed by atoms with Crippen LogP contribution >= 0.6 is 11.6 Å². The van der Waals surface area contributed by atoms with Gasteiger partial charge in [0, 0.05) is 17.1 Å². The van der Waals surface area contributed by atoms with Gasteiger partial charge in [-0.3, -0.25) is 4.79 Å². The quantitative estimate of drug-likeness (QED) is 0.801. The topological polar surface area (TPSA) is 29.1 Å². The smallest absolute Gasteiger partial charge is 0.244 e. The Morgan fingerprint density at radius 1 is 1.50 bits per heavy atom. The molecule has 0 heterocycles. The molecule has 0 saturated carbocycles. The van der Waals surface area contributed by atoms with Crippen LogP contribution in [0.25, 0.3) is 6.08 Å². The summed E-state index contributed by atoms with van der Waals surface area (Å²) in [5.74, 6) is -0.0886. The molecule has 0 aliphatic rings. The third-order valence-corrected chi connectivity index (χ3v) is 2.66. The summed E-state index contributed by atoms with van der Waals surface area (Å²) in [6, 6.07) is 7.61. The summed E-state index contributed by atoms with van der Waals surface area (Å²) in [6.45, 7) is 4.00. The summed E-state index contributed by atoms with van der Waals surface area (Å²) in [6.07, 6.45) is 4.15. The van der Waals surface area contributed by atoms with Crippen LogP contribution in [0.5, 0.6) is 0 Å². The number of hydrogen-bond acceptors (Lipinski definition) is 1. The number of rotatable bonds is 4. The van der Waals surface area contributed by atoms with Gasteiger partial charge < -0.3 is 5.32 Å². The fourth-order valence-corrected chi connectivity index (χ4v) is 1.37. The molecule has 0 aliphatic carbocycles. The fourth-order valence-electron chi connectivity index (χ4n) is 1.17. The predicted molar refractivity (Wildman–Crippen MR) is 68.4 cm³/mol. The number of benzene rings is 1. The first kappa shape index (κ1) is 12.8. The minimum Gasteiger partial charge on any atom is -0.350 e. The zero-order valence-electron chi connectivity index (χ0n) is 9.53. The molecule has 3 heteroatoms. The van der Waals surface area contributed by atoms with Crippen LogP contribution in [0.2, 0.25) is 5.02 Å². The lowest BCUT2D eigenvalue weighted by Crippen LogP contribution is -2.30. The minimum absolute atomic E-state index is 0.0886. The van der Waals surface area contributed by atoms with Gasteiger partial charge in [0.05, 0.1) is 0 Å². The Kier molecular flexibility index (Phi) is 5.06. The summed E-state index contributed by atoms with van der Waals surface area (Å²) in [5, 5.41) is 3.50. The Labute approximate surface area is 101 Å². The molecule has 1 amide bonds. The lowest BCUT2D eigenvalue weighted by Gasteiger charge is -2.08. The Balaban J connectivity index is 2.60. The van der Waals surface area contributed by atoms with E-state index in [0.717, 1.165) is 12.0 Å². The first-order chi connectivity index (χ1) is 7.63. The predicted octanol–water partition coefficient (Wildman–Crippen LogP) is 3.27. The zero-order valence-corrected chi connectivity index (χ0v) is 10.3. The van der Waals surface area contributed by atoms with Crippen LogP contribution in [-0.4, -0.2) is 11.9 Å². The van der Waals surface area contributed by atoms with Crippen LogP contribution in [0, 0.1) is 0 Å². The van der Waals surface area contributed by atoms with Gasteiger partial charge in [0.25, 0.3) is 0 Å². The van der Waals surface area contributed by atoms with E-state index in [4.69, 9.17) is 11.6 Å². The van der Waals surface area contributed by atoms with Crippen molar-refractivity contribution in [2.45, 2.75) is 26.3 Å². The second kappa shape index (κ2) is 6.33. The maximum absolute atomic E-state index is 11.5. The van der Waals surface area contributed by atoms with Crippen LogP contribution in [0.4, 0.5) is 0 Å². The van der Waals surface area contributed by atoms with E-state index >= 15 is 0 Å². The van der Waals surface area contributed by atoms with Crippen molar-refractivity contribution < 1.29 is 4.79 Å². The summed E-state index contributed by atoms with van der Waals surface area (Å²) >= 11 is 5.96. The molecule has 0 aliphatic heterocycles. The van der Waals surface area contributed by atoms with E-state index in [1.165, 1.54) is 6.08 Å². The monoisotopic (exact) mass is 237 g/mol. The number of nitrogens with one attached hydrogen (secondary N) is 1. The lowest BCUT2D eigenvalue weighted by molar-refractivity contribution is -0.117. The van der Waals surface area contributed by atoms with Gasteiger partial charge in [-0.1, -0.05) is 36.7 Å². The molecule has 1 aromatic rings. The van der Waals surface area contributed by atoms with E-state index in [0.29, 0.717) is 5.02 Å². The molecule has 1 aromatic carbocycles. The van der Waals surface area contributed by atoms with Crippen molar-refractivity contribution in [3.63, 3.8) is 0 Å². The molecule has 86 valence electrons. The third kappa shape index (κ3) is 4.07. The first-order valence-corrected chi connectivity index (χ1v) is 5.74. The highest BCUT2D eigenvalue weighted by Crippen LogP contribution is 2.15. The number of carbonyl (C=O) groups is 1. The van der Waals surface area contributed by atoms with Crippen molar-refractivity contribution >= 4 is 23.6 Å². The van der Waals surface area contributed by atoms with Gasteiger partial charge in [0.1, 0.15) is 0 Å². The number of amides is 1. The number of hydrogen-bond donors (Lipinski definition) is 1. The summed E-state index contributed by atoms with van der Waals surface area (Å²) in [7, 11) is 0.